The molecule has 12 heteroatoms. The minimum absolute atomic E-state index is 0.0357. The van der Waals surface area contributed by atoms with E-state index in [1.165, 1.54) is 0 Å². The number of urea groups is 1. The van der Waals surface area contributed by atoms with Crippen LogP contribution in [0.2, 0.25) is 10.0 Å². The summed E-state index contributed by atoms with van der Waals surface area (Å²) in [5.41, 5.74) is 1.51. The number of para-hydroxylation sites is 1. The Morgan fingerprint density at radius 3 is 2.37 bits per heavy atom. The van der Waals surface area contributed by atoms with Crippen molar-refractivity contribution in [2.45, 2.75) is 62.8 Å². The summed E-state index contributed by atoms with van der Waals surface area (Å²) in [5.74, 6) is 0. The van der Waals surface area contributed by atoms with Crippen LogP contribution in [0.15, 0.2) is 42.5 Å². The van der Waals surface area contributed by atoms with E-state index in [1.807, 2.05) is 29.2 Å². The molecular formula is C34H45Cl2N6O4+. The molecule has 0 saturated carbocycles. The Bertz CT molecular complexity index is 1430. The lowest BCUT2D eigenvalue weighted by molar-refractivity contribution is -0.942. The number of hydrogen-bond acceptors (Lipinski definition) is 6. The summed E-state index contributed by atoms with van der Waals surface area (Å²) < 4.78 is -0.344. The van der Waals surface area contributed by atoms with Gasteiger partial charge >= 0.3 is 12.1 Å². The SMILES string of the molecule is CN1CCC(N2CCN(C3(CC=O)CC(N4CCc5ccccc5NC4=O)CC[N@+]3(Cc3cc(Cl)cc(Cl)c3)C(=O)O)CC2)CC1. The van der Waals surface area contributed by atoms with Gasteiger partial charge in [0.05, 0.1) is 13.0 Å². The summed E-state index contributed by atoms with van der Waals surface area (Å²) in [5, 5.41) is 15.2. The van der Waals surface area contributed by atoms with Crippen molar-refractivity contribution in [3.63, 3.8) is 0 Å². The van der Waals surface area contributed by atoms with Gasteiger partial charge in [-0.3, -0.25) is 4.90 Å². The van der Waals surface area contributed by atoms with Gasteiger partial charge in [-0.2, -0.15) is 4.79 Å². The van der Waals surface area contributed by atoms with E-state index in [4.69, 9.17) is 23.2 Å². The Hall–Kier alpha value is -2.73. The summed E-state index contributed by atoms with van der Waals surface area (Å²) in [6, 6.07) is 13.1. The molecule has 4 heterocycles. The molecule has 0 aromatic heterocycles. The molecule has 2 aromatic rings. The molecule has 2 unspecified atom stereocenters. The predicted molar refractivity (Wildman–Crippen MR) is 179 cm³/mol. The second kappa shape index (κ2) is 13.8. The average Bonchev–Trinajstić information content (AvgIpc) is 3.20. The van der Waals surface area contributed by atoms with Crippen LogP contribution in [0.5, 0.6) is 0 Å². The van der Waals surface area contributed by atoms with E-state index in [2.05, 4.69) is 27.1 Å². The van der Waals surface area contributed by atoms with E-state index in [1.54, 1.807) is 18.2 Å². The fourth-order valence-electron chi connectivity index (χ4n) is 8.60. The zero-order valence-corrected chi connectivity index (χ0v) is 28.1. The highest BCUT2D eigenvalue weighted by Crippen LogP contribution is 2.45. The number of carbonyl (C=O) groups excluding carboxylic acids is 2. The first kappa shape index (κ1) is 33.2. The van der Waals surface area contributed by atoms with Gasteiger partial charge in [0.15, 0.2) is 5.66 Å². The number of fused-ring (bicyclic) bond motifs is 1. The highest BCUT2D eigenvalue weighted by atomic mass is 35.5. The molecular weight excluding hydrogens is 627 g/mol. The number of anilines is 1. The monoisotopic (exact) mass is 671 g/mol. The quantitative estimate of drug-likeness (QED) is 0.307. The Morgan fingerprint density at radius 2 is 1.70 bits per heavy atom. The number of benzene rings is 2. The first-order valence-electron chi connectivity index (χ1n) is 16.5. The molecule has 2 aromatic carbocycles. The van der Waals surface area contributed by atoms with Crippen molar-refractivity contribution >= 4 is 47.3 Å². The third kappa shape index (κ3) is 6.40. The molecule has 46 heavy (non-hydrogen) atoms. The Balaban J connectivity index is 1.35. The minimum atomic E-state index is -1.08. The van der Waals surface area contributed by atoms with E-state index < -0.39 is 11.8 Å². The number of halogens is 2. The van der Waals surface area contributed by atoms with Crippen LogP contribution in [0.25, 0.3) is 0 Å². The predicted octanol–water partition coefficient (Wildman–Crippen LogP) is 5.24. The molecule has 3 atom stereocenters. The fourth-order valence-corrected chi connectivity index (χ4v) is 9.17. The van der Waals surface area contributed by atoms with E-state index in [0.717, 1.165) is 56.6 Å². The topological polar surface area (TPSA) is 96.4 Å². The zero-order chi connectivity index (χ0) is 32.5. The Labute approximate surface area is 281 Å². The lowest BCUT2D eigenvalue weighted by Gasteiger charge is -2.59. The van der Waals surface area contributed by atoms with Gasteiger partial charge in [-0.15, -0.1) is 0 Å². The molecule has 0 spiro atoms. The zero-order valence-electron chi connectivity index (χ0n) is 26.5. The highest BCUT2D eigenvalue weighted by molar-refractivity contribution is 6.34. The minimum Gasteiger partial charge on any atom is -0.435 e. The molecule has 0 bridgehead atoms. The lowest BCUT2D eigenvalue weighted by Crippen LogP contribution is -2.79. The molecule has 6 rings (SSSR count). The first-order chi connectivity index (χ1) is 22.1. The Kier molecular flexibility index (Phi) is 9.94. The smallest absolute Gasteiger partial charge is 0.435 e. The first-order valence-corrected chi connectivity index (χ1v) is 17.2. The van der Waals surface area contributed by atoms with E-state index in [9.17, 15) is 19.5 Å². The van der Waals surface area contributed by atoms with Crippen molar-refractivity contribution < 1.29 is 24.0 Å². The van der Waals surface area contributed by atoms with Crippen LogP contribution in [-0.4, -0.2) is 125 Å². The van der Waals surface area contributed by atoms with Crippen molar-refractivity contribution in [2.24, 2.45) is 0 Å². The van der Waals surface area contributed by atoms with Crippen LogP contribution in [0.3, 0.4) is 0 Å². The van der Waals surface area contributed by atoms with Gasteiger partial charge in [-0.1, -0.05) is 41.4 Å². The van der Waals surface area contributed by atoms with Gasteiger partial charge < -0.3 is 25.0 Å². The van der Waals surface area contributed by atoms with Crippen LogP contribution in [0.1, 0.15) is 43.2 Å². The van der Waals surface area contributed by atoms with Crippen LogP contribution in [-0.2, 0) is 17.8 Å². The molecule has 10 nitrogen and oxygen atoms in total. The van der Waals surface area contributed by atoms with E-state index in [0.29, 0.717) is 60.5 Å². The normalized spacial score (nSPS) is 28.7. The van der Waals surface area contributed by atoms with Gasteiger partial charge in [0.2, 0.25) is 0 Å². The van der Waals surface area contributed by atoms with E-state index in [-0.39, 0.29) is 36.1 Å². The molecule has 0 radical (unpaired) electrons. The number of piperidine rings is 2. The number of quaternary nitrogens is 1. The molecule has 3 fully saturated rings. The summed E-state index contributed by atoms with van der Waals surface area (Å²) >= 11 is 12.8. The van der Waals surface area contributed by atoms with Crippen LogP contribution < -0.4 is 5.32 Å². The number of nitrogens with zero attached hydrogens (tertiary/aromatic N) is 5. The molecule has 3 amide bonds. The van der Waals surface area contributed by atoms with Gasteiger partial charge in [-0.25, -0.2) is 14.2 Å². The number of carboxylic acid groups (broad SMARTS) is 1. The molecule has 248 valence electrons. The average molecular weight is 673 g/mol. The number of carbonyl (C=O) groups is 3. The summed E-state index contributed by atoms with van der Waals surface area (Å²) in [6.07, 6.45) is 3.72. The summed E-state index contributed by atoms with van der Waals surface area (Å²) in [6.45, 7) is 5.96. The second-order valence-corrected chi connectivity index (χ2v) is 14.4. The molecule has 2 N–H and O–H groups in total. The van der Waals surface area contributed by atoms with Crippen LogP contribution in [0.4, 0.5) is 15.3 Å². The van der Waals surface area contributed by atoms with Crippen molar-refractivity contribution in [2.75, 3.05) is 64.7 Å². The fraction of sp³-hybridized carbons (Fsp3) is 0.559. The number of likely N-dealkylation sites (tertiary alicyclic amines) is 2. The molecule has 3 saturated heterocycles. The van der Waals surface area contributed by atoms with Gasteiger partial charge in [0.25, 0.3) is 0 Å². The largest absolute Gasteiger partial charge is 0.515 e. The van der Waals surface area contributed by atoms with Gasteiger partial charge in [0, 0.05) is 78.9 Å². The molecule has 4 aliphatic rings. The third-order valence-corrected chi connectivity index (χ3v) is 11.5. The van der Waals surface area contributed by atoms with Gasteiger partial charge in [0.1, 0.15) is 12.8 Å². The maximum atomic E-state index is 13.7. The van der Waals surface area contributed by atoms with Crippen LogP contribution >= 0.6 is 23.2 Å². The van der Waals surface area contributed by atoms with Crippen molar-refractivity contribution in [3.8, 4) is 0 Å². The lowest BCUT2D eigenvalue weighted by atomic mass is 9.82. The number of piperazine rings is 1. The summed E-state index contributed by atoms with van der Waals surface area (Å²) in [4.78, 5) is 49.2. The summed E-state index contributed by atoms with van der Waals surface area (Å²) in [7, 11) is 2.16. The number of rotatable bonds is 7. The van der Waals surface area contributed by atoms with Crippen molar-refractivity contribution in [1.29, 1.82) is 0 Å². The third-order valence-electron chi connectivity index (χ3n) is 11.0. The maximum Gasteiger partial charge on any atom is 0.515 e. The van der Waals surface area contributed by atoms with E-state index >= 15 is 0 Å². The number of amides is 3. The maximum absolute atomic E-state index is 13.7. The number of nitrogens with one attached hydrogen (secondary N) is 1. The second-order valence-electron chi connectivity index (χ2n) is 13.5. The van der Waals surface area contributed by atoms with Gasteiger partial charge in [-0.05, 0) is 69.2 Å². The van der Waals surface area contributed by atoms with Crippen molar-refractivity contribution in [1.82, 2.24) is 19.6 Å². The standard InChI is InChI=1S/C34H44Cl2N6O4/c1-38-11-7-29(8-12-38)39-14-16-40(17-15-39)34(10-19-43)23-30(41-13-6-26-4-2-3-5-31(26)37-32(41)44)9-18-42(34,33(45)46)24-25-20-27(35)22-28(36)21-25/h2-5,19-22,29-30H,6-18,23-24H2,1H3,(H-,37,44,45,46)/p+1/t30?,34?,42-/m0/s1. The van der Waals surface area contributed by atoms with Crippen molar-refractivity contribution in [3.05, 3.63) is 63.6 Å². The van der Waals surface area contributed by atoms with Crippen LogP contribution in [0, 0.1) is 0 Å². The Morgan fingerprint density at radius 1 is 1.00 bits per heavy atom. The molecule has 0 aliphatic carbocycles. The molecule has 4 aliphatic heterocycles. The number of aldehydes is 1. The number of hydrogen-bond donors (Lipinski definition) is 2. The highest BCUT2D eigenvalue weighted by Gasteiger charge is 2.64.